The quantitative estimate of drug-likeness (QED) is 0.518. The molecule has 3 N–H and O–H groups in total. The monoisotopic (exact) mass is 423 g/mol. The third-order valence-electron chi connectivity index (χ3n) is 5.41. The predicted molar refractivity (Wildman–Crippen MR) is 109 cm³/mol. The number of nitrogens with one attached hydrogen (secondary N) is 1. The molecule has 0 atom stereocenters. The van der Waals surface area contributed by atoms with Crippen LogP contribution in [-0.2, 0) is 0 Å². The molecule has 0 bridgehead atoms. The summed E-state index contributed by atoms with van der Waals surface area (Å²) in [5.41, 5.74) is 7.97. The SMILES string of the molecule is Nc1ncc(-c2cnn(C3CCNCC3)c2)cc1-n1nnnc1-c1cccc(F)c1F. The molecular weight excluding hydrogens is 404 g/mol. The van der Waals surface area contributed by atoms with Crippen LogP contribution in [0, 0.1) is 11.6 Å². The zero-order chi connectivity index (χ0) is 21.4. The second-order valence-corrected chi connectivity index (χ2v) is 7.33. The number of rotatable bonds is 4. The number of aromatic nitrogens is 7. The van der Waals surface area contributed by atoms with Crippen molar-refractivity contribution < 1.29 is 8.78 Å². The molecule has 0 spiro atoms. The van der Waals surface area contributed by atoms with Gasteiger partial charge in [0.15, 0.2) is 17.5 Å². The maximum absolute atomic E-state index is 14.3. The third kappa shape index (κ3) is 3.52. The number of nitrogen functional groups attached to an aromatic ring is 1. The second kappa shape index (κ2) is 7.84. The van der Waals surface area contributed by atoms with E-state index in [4.69, 9.17) is 5.73 Å². The van der Waals surface area contributed by atoms with Gasteiger partial charge in [-0.25, -0.2) is 13.8 Å². The van der Waals surface area contributed by atoms with Gasteiger partial charge in [0.1, 0.15) is 11.5 Å². The molecule has 158 valence electrons. The molecule has 1 aromatic carbocycles. The molecular formula is C20H19F2N9. The first-order valence-corrected chi connectivity index (χ1v) is 9.85. The standard InChI is InChI=1S/C20H19F2N9/c21-16-3-1-2-15(18(16)22)20-27-28-29-31(20)17-8-12(9-25-19(17)23)13-10-26-30(11-13)14-4-6-24-7-5-14/h1-3,8-11,14,24H,4-7H2,(H2,23,25). The van der Waals surface area contributed by atoms with Gasteiger partial charge in [0.25, 0.3) is 0 Å². The van der Waals surface area contributed by atoms with Gasteiger partial charge >= 0.3 is 0 Å². The van der Waals surface area contributed by atoms with Crippen LogP contribution < -0.4 is 11.1 Å². The smallest absolute Gasteiger partial charge is 0.190 e. The molecule has 0 aliphatic carbocycles. The Morgan fingerprint density at radius 2 is 1.94 bits per heavy atom. The molecule has 31 heavy (non-hydrogen) atoms. The number of anilines is 1. The molecule has 1 fully saturated rings. The molecule has 1 saturated heterocycles. The first-order valence-electron chi connectivity index (χ1n) is 9.85. The summed E-state index contributed by atoms with van der Waals surface area (Å²) in [6, 6.07) is 5.92. The number of hydrogen-bond acceptors (Lipinski definition) is 7. The molecule has 4 aromatic rings. The number of benzene rings is 1. The van der Waals surface area contributed by atoms with Crippen LogP contribution in [0.3, 0.4) is 0 Å². The van der Waals surface area contributed by atoms with E-state index >= 15 is 0 Å². The maximum Gasteiger partial charge on any atom is 0.190 e. The van der Waals surface area contributed by atoms with E-state index in [9.17, 15) is 8.78 Å². The number of tetrazole rings is 1. The third-order valence-corrected chi connectivity index (χ3v) is 5.41. The Bertz CT molecular complexity index is 1230. The van der Waals surface area contributed by atoms with Crippen LogP contribution in [0.1, 0.15) is 18.9 Å². The molecule has 1 aliphatic heterocycles. The van der Waals surface area contributed by atoms with E-state index in [-0.39, 0.29) is 17.2 Å². The molecule has 0 unspecified atom stereocenters. The number of halogens is 2. The Morgan fingerprint density at radius 1 is 1.10 bits per heavy atom. The average Bonchev–Trinajstić information content (AvgIpc) is 3.47. The van der Waals surface area contributed by atoms with Gasteiger partial charge < -0.3 is 11.1 Å². The summed E-state index contributed by atoms with van der Waals surface area (Å²) in [6.45, 7) is 1.93. The van der Waals surface area contributed by atoms with Gasteiger partial charge in [-0.15, -0.1) is 5.10 Å². The lowest BCUT2D eigenvalue weighted by Gasteiger charge is -2.22. The van der Waals surface area contributed by atoms with E-state index in [1.54, 1.807) is 18.5 Å². The Morgan fingerprint density at radius 3 is 2.77 bits per heavy atom. The summed E-state index contributed by atoms with van der Waals surface area (Å²) in [4.78, 5) is 4.25. The van der Waals surface area contributed by atoms with Crippen molar-refractivity contribution in [2.24, 2.45) is 0 Å². The van der Waals surface area contributed by atoms with Crippen molar-refractivity contribution in [3.63, 3.8) is 0 Å². The molecule has 4 heterocycles. The summed E-state index contributed by atoms with van der Waals surface area (Å²) in [6.07, 6.45) is 7.40. The van der Waals surface area contributed by atoms with Crippen molar-refractivity contribution in [2.45, 2.75) is 18.9 Å². The number of nitrogens with zero attached hydrogens (tertiary/aromatic N) is 7. The molecule has 11 heteroatoms. The van der Waals surface area contributed by atoms with E-state index in [2.05, 4.69) is 30.9 Å². The fourth-order valence-corrected chi connectivity index (χ4v) is 3.74. The fourth-order valence-electron chi connectivity index (χ4n) is 3.74. The minimum atomic E-state index is -1.04. The molecule has 0 radical (unpaired) electrons. The van der Waals surface area contributed by atoms with Crippen molar-refractivity contribution >= 4 is 5.82 Å². The summed E-state index contributed by atoms with van der Waals surface area (Å²) < 4.78 is 31.3. The van der Waals surface area contributed by atoms with E-state index in [1.807, 2.05) is 10.9 Å². The predicted octanol–water partition coefficient (Wildman–Crippen LogP) is 2.37. The van der Waals surface area contributed by atoms with Crippen molar-refractivity contribution in [1.82, 2.24) is 40.3 Å². The number of piperidine rings is 1. The highest BCUT2D eigenvalue weighted by molar-refractivity contribution is 5.69. The van der Waals surface area contributed by atoms with Gasteiger partial charge in [-0.1, -0.05) is 6.07 Å². The lowest BCUT2D eigenvalue weighted by atomic mass is 10.1. The van der Waals surface area contributed by atoms with Crippen LogP contribution in [0.15, 0.2) is 42.9 Å². The summed E-state index contributed by atoms with van der Waals surface area (Å²) >= 11 is 0. The van der Waals surface area contributed by atoms with Crippen LogP contribution >= 0.6 is 0 Å². The van der Waals surface area contributed by atoms with Crippen molar-refractivity contribution in [2.75, 3.05) is 18.8 Å². The van der Waals surface area contributed by atoms with E-state index in [0.717, 1.165) is 43.1 Å². The Kier molecular flexibility index (Phi) is 4.86. The Hall–Kier alpha value is -3.73. The van der Waals surface area contributed by atoms with Crippen LogP contribution in [-0.4, -0.2) is 48.1 Å². The highest BCUT2D eigenvalue weighted by Crippen LogP contribution is 2.29. The largest absolute Gasteiger partial charge is 0.382 e. The topological polar surface area (TPSA) is 112 Å². The fraction of sp³-hybridized carbons (Fsp3) is 0.250. The summed E-state index contributed by atoms with van der Waals surface area (Å²) in [7, 11) is 0. The molecule has 5 rings (SSSR count). The molecule has 3 aromatic heterocycles. The normalized spacial score (nSPS) is 14.8. The lowest BCUT2D eigenvalue weighted by Crippen LogP contribution is -2.29. The van der Waals surface area contributed by atoms with Gasteiger partial charge in [-0.3, -0.25) is 4.68 Å². The van der Waals surface area contributed by atoms with Crippen molar-refractivity contribution in [3.8, 4) is 28.2 Å². The minimum Gasteiger partial charge on any atom is -0.382 e. The Balaban J connectivity index is 1.53. The highest BCUT2D eigenvalue weighted by Gasteiger charge is 2.20. The van der Waals surface area contributed by atoms with Crippen LogP contribution in [0.5, 0.6) is 0 Å². The summed E-state index contributed by atoms with van der Waals surface area (Å²) in [5, 5.41) is 19.3. The molecule has 9 nitrogen and oxygen atoms in total. The zero-order valence-corrected chi connectivity index (χ0v) is 16.4. The average molecular weight is 423 g/mol. The lowest BCUT2D eigenvalue weighted by molar-refractivity contribution is 0.343. The van der Waals surface area contributed by atoms with Gasteiger partial charge in [0.2, 0.25) is 0 Å². The van der Waals surface area contributed by atoms with Crippen molar-refractivity contribution in [1.29, 1.82) is 0 Å². The number of pyridine rings is 1. The number of nitrogens with two attached hydrogens (primary N) is 1. The van der Waals surface area contributed by atoms with Gasteiger partial charge in [0, 0.05) is 23.5 Å². The molecule has 1 aliphatic rings. The van der Waals surface area contributed by atoms with Crippen LogP contribution in [0.2, 0.25) is 0 Å². The Labute approximate surface area is 175 Å². The minimum absolute atomic E-state index is 0.0213. The van der Waals surface area contributed by atoms with E-state index in [1.165, 1.54) is 16.8 Å². The maximum atomic E-state index is 14.3. The molecule has 0 amide bonds. The van der Waals surface area contributed by atoms with E-state index in [0.29, 0.717) is 11.7 Å². The second-order valence-electron chi connectivity index (χ2n) is 7.33. The zero-order valence-electron chi connectivity index (χ0n) is 16.4. The first kappa shape index (κ1) is 19.2. The van der Waals surface area contributed by atoms with E-state index < -0.39 is 11.6 Å². The summed E-state index contributed by atoms with van der Waals surface area (Å²) in [5.74, 6) is -1.85. The van der Waals surface area contributed by atoms with Crippen LogP contribution in [0.25, 0.3) is 28.2 Å². The van der Waals surface area contributed by atoms with Gasteiger partial charge in [-0.05, 0) is 54.6 Å². The number of hydrogen-bond donors (Lipinski definition) is 2. The molecule has 0 saturated carbocycles. The van der Waals surface area contributed by atoms with Crippen LogP contribution in [0.4, 0.5) is 14.6 Å². The van der Waals surface area contributed by atoms with Gasteiger partial charge in [0.05, 0.1) is 17.8 Å². The van der Waals surface area contributed by atoms with Crippen molar-refractivity contribution in [3.05, 3.63) is 54.5 Å². The first-order chi connectivity index (χ1) is 15.1. The highest BCUT2D eigenvalue weighted by atomic mass is 19.2. The van der Waals surface area contributed by atoms with Gasteiger partial charge in [-0.2, -0.15) is 9.78 Å².